The first-order chi connectivity index (χ1) is 14.2. The standard InChI is InChI=1S/C20H26N2O6S2/c1-16-4-2-6-19(14-16)30(26,27)21-10-7-20(23)22-11-8-18(9-12-22)29(24,25)15-17-5-3-13-28-17/h2-6,13-14,18,21H,7-12,15H2,1H3. The number of nitrogens with one attached hydrogen (secondary N) is 1. The second-order valence-electron chi connectivity index (χ2n) is 7.43. The molecule has 1 aromatic carbocycles. The van der Waals surface area contributed by atoms with Crippen LogP contribution in [0.2, 0.25) is 0 Å². The van der Waals surface area contributed by atoms with E-state index in [9.17, 15) is 21.6 Å². The lowest BCUT2D eigenvalue weighted by molar-refractivity contribution is -0.131. The molecule has 0 spiro atoms. The zero-order valence-electron chi connectivity index (χ0n) is 16.8. The molecule has 1 saturated heterocycles. The number of nitrogens with zero attached hydrogens (tertiary/aromatic N) is 1. The normalized spacial score (nSPS) is 16.0. The van der Waals surface area contributed by atoms with Crippen LogP contribution in [0.15, 0.2) is 52.0 Å². The lowest BCUT2D eigenvalue weighted by atomic mass is 10.1. The van der Waals surface area contributed by atoms with E-state index < -0.39 is 25.1 Å². The minimum Gasteiger partial charge on any atom is -0.468 e. The number of carbonyl (C=O) groups excluding carboxylic acids is 1. The fraction of sp³-hybridized carbons (Fsp3) is 0.450. The fourth-order valence-electron chi connectivity index (χ4n) is 3.49. The third-order valence-electron chi connectivity index (χ3n) is 5.16. The number of sulfone groups is 1. The maximum absolute atomic E-state index is 12.5. The van der Waals surface area contributed by atoms with Gasteiger partial charge in [-0.3, -0.25) is 4.79 Å². The fourth-order valence-corrected chi connectivity index (χ4v) is 6.35. The van der Waals surface area contributed by atoms with E-state index in [0.717, 1.165) is 5.56 Å². The first kappa shape index (κ1) is 22.5. The molecule has 0 aliphatic carbocycles. The van der Waals surface area contributed by atoms with Crippen molar-refractivity contribution in [3.8, 4) is 0 Å². The van der Waals surface area contributed by atoms with Crippen molar-refractivity contribution >= 4 is 25.8 Å². The first-order valence-corrected chi connectivity index (χ1v) is 13.0. The van der Waals surface area contributed by atoms with Gasteiger partial charge in [0, 0.05) is 26.1 Å². The molecule has 0 unspecified atom stereocenters. The number of piperidine rings is 1. The number of hydrogen-bond donors (Lipinski definition) is 1. The van der Waals surface area contributed by atoms with Crippen LogP contribution in [0.1, 0.15) is 30.6 Å². The number of carbonyl (C=O) groups is 1. The van der Waals surface area contributed by atoms with Crippen LogP contribution in [-0.2, 0) is 30.4 Å². The van der Waals surface area contributed by atoms with Crippen molar-refractivity contribution in [1.82, 2.24) is 9.62 Å². The SMILES string of the molecule is Cc1cccc(S(=O)(=O)NCCC(=O)N2CCC(S(=O)(=O)Cc3ccco3)CC2)c1. The van der Waals surface area contributed by atoms with Gasteiger partial charge in [0.05, 0.1) is 16.4 Å². The number of rotatable bonds is 8. The summed E-state index contributed by atoms with van der Waals surface area (Å²) >= 11 is 0. The van der Waals surface area contributed by atoms with Crippen molar-refractivity contribution in [2.75, 3.05) is 19.6 Å². The van der Waals surface area contributed by atoms with Gasteiger partial charge >= 0.3 is 0 Å². The van der Waals surface area contributed by atoms with Gasteiger partial charge in [0.1, 0.15) is 11.5 Å². The molecule has 0 atom stereocenters. The predicted octanol–water partition coefficient (Wildman–Crippen LogP) is 1.86. The number of furan rings is 1. The second-order valence-corrected chi connectivity index (χ2v) is 11.5. The summed E-state index contributed by atoms with van der Waals surface area (Å²) < 4.78 is 57.3. The Labute approximate surface area is 177 Å². The maximum Gasteiger partial charge on any atom is 0.240 e. The molecule has 1 fully saturated rings. The molecule has 164 valence electrons. The van der Waals surface area contributed by atoms with Crippen LogP contribution in [0, 0.1) is 6.92 Å². The van der Waals surface area contributed by atoms with Crippen LogP contribution in [-0.4, -0.2) is 52.5 Å². The van der Waals surface area contributed by atoms with E-state index in [0.29, 0.717) is 31.7 Å². The summed E-state index contributed by atoms with van der Waals surface area (Å²) in [4.78, 5) is 14.2. The van der Waals surface area contributed by atoms with Gasteiger partial charge in [-0.15, -0.1) is 0 Å². The number of hydrogen-bond acceptors (Lipinski definition) is 6. The third kappa shape index (κ3) is 5.71. The molecule has 2 heterocycles. The van der Waals surface area contributed by atoms with Gasteiger partial charge in [0.25, 0.3) is 0 Å². The summed E-state index contributed by atoms with van der Waals surface area (Å²) in [5, 5.41) is -0.508. The van der Waals surface area contributed by atoms with Crippen molar-refractivity contribution in [2.24, 2.45) is 0 Å². The number of sulfonamides is 1. The largest absolute Gasteiger partial charge is 0.468 e. The monoisotopic (exact) mass is 454 g/mol. The summed E-state index contributed by atoms with van der Waals surface area (Å²) in [6, 6.07) is 9.83. The van der Waals surface area contributed by atoms with Gasteiger partial charge in [-0.2, -0.15) is 0 Å². The Bertz CT molecular complexity index is 1070. The third-order valence-corrected chi connectivity index (χ3v) is 8.79. The van der Waals surface area contributed by atoms with E-state index in [4.69, 9.17) is 4.42 Å². The van der Waals surface area contributed by atoms with Gasteiger partial charge < -0.3 is 9.32 Å². The molecule has 0 bridgehead atoms. The molecular formula is C20H26N2O6S2. The van der Waals surface area contributed by atoms with Crippen LogP contribution >= 0.6 is 0 Å². The molecule has 0 radical (unpaired) electrons. The second kappa shape index (κ2) is 9.32. The molecule has 30 heavy (non-hydrogen) atoms. The Balaban J connectivity index is 1.46. The van der Waals surface area contributed by atoms with E-state index in [-0.39, 0.29) is 29.5 Å². The van der Waals surface area contributed by atoms with Crippen LogP contribution < -0.4 is 4.72 Å². The quantitative estimate of drug-likeness (QED) is 0.651. The van der Waals surface area contributed by atoms with Crippen LogP contribution in [0.3, 0.4) is 0 Å². The van der Waals surface area contributed by atoms with Crippen molar-refractivity contribution in [2.45, 2.75) is 42.1 Å². The Morgan fingerprint density at radius 1 is 1.13 bits per heavy atom. The van der Waals surface area contributed by atoms with E-state index in [1.54, 1.807) is 42.2 Å². The van der Waals surface area contributed by atoms with Gasteiger partial charge in [-0.25, -0.2) is 21.6 Å². The van der Waals surface area contributed by atoms with Gasteiger partial charge in [-0.05, 0) is 49.6 Å². The number of benzene rings is 1. The number of likely N-dealkylation sites (tertiary alicyclic amines) is 1. The van der Waals surface area contributed by atoms with Crippen molar-refractivity contribution < 1.29 is 26.0 Å². The zero-order valence-corrected chi connectivity index (χ0v) is 18.4. The van der Waals surface area contributed by atoms with Gasteiger partial charge in [0.15, 0.2) is 9.84 Å². The lowest BCUT2D eigenvalue weighted by Crippen LogP contribution is -2.43. The predicted molar refractivity (Wildman–Crippen MR) is 112 cm³/mol. The Morgan fingerprint density at radius 2 is 1.87 bits per heavy atom. The van der Waals surface area contributed by atoms with Gasteiger partial charge in [0.2, 0.25) is 15.9 Å². The maximum atomic E-state index is 12.5. The summed E-state index contributed by atoms with van der Waals surface area (Å²) in [6.45, 7) is 2.48. The van der Waals surface area contributed by atoms with Crippen molar-refractivity contribution in [1.29, 1.82) is 0 Å². The Kier molecular flexibility index (Phi) is 6.99. The molecule has 1 aliphatic rings. The molecule has 2 aromatic rings. The van der Waals surface area contributed by atoms with Crippen LogP contribution in [0.25, 0.3) is 0 Å². The summed E-state index contributed by atoms with van der Waals surface area (Å²) in [7, 11) is -7.02. The average Bonchev–Trinajstić information content (AvgIpc) is 3.20. The molecule has 0 saturated carbocycles. The van der Waals surface area contributed by atoms with E-state index in [1.165, 1.54) is 12.3 Å². The number of aryl methyl sites for hydroxylation is 1. The van der Waals surface area contributed by atoms with Crippen LogP contribution in [0.4, 0.5) is 0 Å². The lowest BCUT2D eigenvalue weighted by Gasteiger charge is -2.31. The van der Waals surface area contributed by atoms with E-state index >= 15 is 0 Å². The molecular weight excluding hydrogens is 428 g/mol. The van der Waals surface area contributed by atoms with Gasteiger partial charge in [-0.1, -0.05) is 12.1 Å². The molecule has 10 heteroatoms. The Morgan fingerprint density at radius 3 is 2.50 bits per heavy atom. The molecule has 3 rings (SSSR count). The average molecular weight is 455 g/mol. The van der Waals surface area contributed by atoms with E-state index in [2.05, 4.69) is 4.72 Å². The summed E-state index contributed by atoms with van der Waals surface area (Å²) in [5.41, 5.74) is 0.832. The highest BCUT2D eigenvalue weighted by atomic mass is 32.2. The number of amides is 1. The highest BCUT2D eigenvalue weighted by Gasteiger charge is 2.32. The highest BCUT2D eigenvalue weighted by Crippen LogP contribution is 2.22. The summed E-state index contributed by atoms with van der Waals surface area (Å²) in [5.74, 6) is 0.0810. The first-order valence-electron chi connectivity index (χ1n) is 9.75. The molecule has 1 aliphatic heterocycles. The molecule has 8 nitrogen and oxygen atoms in total. The molecule has 1 amide bonds. The molecule has 1 N–H and O–H groups in total. The van der Waals surface area contributed by atoms with Crippen LogP contribution in [0.5, 0.6) is 0 Å². The smallest absolute Gasteiger partial charge is 0.240 e. The Hall–Kier alpha value is -2.17. The minimum absolute atomic E-state index is 0.00811. The minimum atomic E-state index is -3.67. The highest BCUT2D eigenvalue weighted by molar-refractivity contribution is 7.91. The zero-order chi connectivity index (χ0) is 21.8. The van der Waals surface area contributed by atoms with Crippen molar-refractivity contribution in [3.63, 3.8) is 0 Å². The van der Waals surface area contributed by atoms with E-state index in [1.807, 2.05) is 0 Å². The summed E-state index contributed by atoms with van der Waals surface area (Å²) in [6.07, 6.45) is 2.20. The van der Waals surface area contributed by atoms with Crippen molar-refractivity contribution in [3.05, 3.63) is 54.0 Å². The molecule has 1 aromatic heterocycles. The topological polar surface area (TPSA) is 114 Å².